The van der Waals surface area contributed by atoms with Crippen molar-refractivity contribution in [2.45, 2.75) is 94.0 Å². The van der Waals surface area contributed by atoms with E-state index in [-0.39, 0.29) is 66.7 Å². The molecule has 56 heavy (non-hydrogen) atoms. The number of pyridine rings is 1. The monoisotopic (exact) mass is 776 g/mol. The minimum absolute atomic E-state index is 0.0476. The van der Waals surface area contributed by atoms with Gasteiger partial charge in [0.2, 0.25) is 11.9 Å². The maximum atomic E-state index is 14.8. The second-order valence-corrected chi connectivity index (χ2v) is 17.1. The summed E-state index contributed by atoms with van der Waals surface area (Å²) < 4.78 is 81.4. The number of benzene rings is 1. The van der Waals surface area contributed by atoms with E-state index in [0.29, 0.717) is 79.3 Å². The van der Waals surface area contributed by atoms with Crippen LogP contribution in [0.4, 0.5) is 27.9 Å². The number of fused-ring (bicyclic) bond motifs is 1. The van der Waals surface area contributed by atoms with Crippen LogP contribution < -0.4 is 15.0 Å². The van der Waals surface area contributed by atoms with E-state index in [1.807, 2.05) is 10.6 Å². The molecule has 8 fully saturated rings. The number of anilines is 1. The van der Waals surface area contributed by atoms with Crippen molar-refractivity contribution in [1.29, 1.82) is 0 Å². The maximum Gasteiger partial charge on any atom is 0.434 e. The number of piperidine rings is 1. The average Bonchev–Trinajstić information content (AvgIpc) is 3.54. The number of halogens is 5. The number of carboxylic acids is 1. The number of carboxylic acid groups (broad SMARTS) is 1. The van der Waals surface area contributed by atoms with Gasteiger partial charge in [-0.25, -0.2) is 28.5 Å². The molecule has 6 atom stereocenters. The van der Waals surface area contributed by atoms with Crippen molar-refractivity contribution in [2.24, 2.45) is 29.1 Å². The quantitative estimate of drug-likeness (QED) is 0.173. The third-order valence-electron chi connectivity index (χ3n) is 14.2. The van der Waals surface area contributed by atoms with Gasteiger partial charge in [-0.2, -0.15) is 13.2 Å². The zero-order valence-corrected chi connectivity index (χ0v) is 30.4. The normalized spacial score (nSPS) is 30.8. The molecular weight excluding hydrogens is 735 g/mol. The standard InChI is InChI=1S/C41H41F5N6O4/c42-39(43)10-6-24(7-11-39)52-21-29(27-3-2-26(17-32(27)52)56-25-8-14-51(15-9-25)37-47-12-1-13-48-37)31-5-4-28(34(49-31)41(44,45)46)35(53)50-40(36(54)55)23-16-22-18-38(19-23)20-30(40)33(22)38/h1-5,12-13,17,21-25,30,33H,6-11,14-16,18-20H2,(H,50,53)(H,54,55). The van der Waals surface area contributed by atoms with Crippen molar-refractivity contribution in [3.63, 3.8) is 0 Å². The highest BCUT2D eigenvalue weighted by Gasteiger charge is 2.81. The van der Waals surface area contributed by atoms with Crippen LogP contribution in [0.2, 0.25) is 0 Å². The van der Waals surface area contributed by atoms with Crippen LogP contribution in [0.3, 0.4) is 0 Å². The molecule has 5 bridgehead atoms. The Balaban J connectivity index is 0.963. The topological polar surface area (TPSA) is 122 Å². The molecule has 0 radical (unpaired) electrons. The molecule has 7 aliphatic carbocycles. The molecule has 8 aliphatic rings. The molecule has 294 valence electrons. The van der Waals surface area contributed by atoms with Crippen LogP contribution in [0.25, 0.3) is 22.2 Å². The Kier molecular flexibility index (Phi) is 7.84. The molecule has 6 unspecified atom stereocenters. The number of ether oxygens (including phenoxy) is 1. The lowest BCUT2D eigenvalue weighted by Crippen LogP contribution is -2.83. The molecule has 12 rings (SSSR count). The number of aliphatic carboxylic acids is 1. The van der Waals surface area contributed by atoms with Gasteiger partial charge in [0.15, 0.2) is 5.69 Å². The van der Waals surface area contributed by atoms with Gasteiger partial charge in [0, 0.05) is 80.4 Å². The molecule has 4 heterocycles. The molecule has 1 amide bonds. The van der Waals surface area contributed by atoms with Gasteiger partial charge in [-0.05, 0) is 97.9 Å². The van der Waals surface area contributed by atoms with Gasteiger partial charge in [-0.3, -0.25) is 4.79 Å². The molecule has 7 saturated carbocycles. The number of nitrogens with zero attached hydrogens (tertiary/aromatic N) is 5. The highest BCUT2D eigenvalue weighted by atomic mass is 19.4. The Morgan fingerprint density at radius 1 is 0.964 bits per heavy atom. The van der Waals surface area contributed by atoms with Crippen LogP contribution in [-0.2, 0) is 11.0 Å². The second kappa shape index (κ2) is 12.3. The lowest BCUT2D eigenvalue weighted by atomic mass is 9.24. The van der Waals surface area contributed by atoms with E-state index >= 15 is 0 Å². The Labute approximate surface area is 318 Å². The third-order valence-corrected chi connectivity index (χ3v) is 14.2. The minimum atomic E-state index is -5.04. The van der Waals surface area contributed by atoms with E-state index < -0.39 is 40.8 Å². The molecule has 15 heteroatoms. The zero-order chi connectivity index (χ0) is 38.8. The van der Waals surface area contributed by atoms with Gasteiger partial charge < -0.3 is 24.6 Å². The van der Waals surface area contributed by atoms with Crippen molar-refractivity contribution in [1.82, 2.24) is 24.8 Å². The van der Waals surface area contributed by atoms with E-state index in [1.165, 1.54) is 6.07 Å². The highest BCUT2D eigenvalue weighted by Crippen LogP contribution is 2.81. The molecule has 10 nitrogen and oxygen atoms in total. The van der Waals surface area contributed by atoms with Gasteiger partial charge in [-0.1, -0.05) is 0 Å². The second-order valence-electron chi connectivity index (χ2n) is 17.1. The first-order valence-electron chi connectivity index (χ1n) is 19.6. The number of nitrogens with one attached hydrogen (secondary N) is 1. The van der Waals surface area contributed by atoms with Gasteiger partial charge >= 0.3 is 12.1 Å². The van der Waals surface area contributed by atoms with Crippen LogP contribution >= 0.6 is 0 Å². The average molecular weight is 777 g/mol. The molecular formula is C41H41F5N6O4. The number of rotatable bonds is 8. The van der Waals surface area contributed by atoms with Crippen molar-refractivity contribution in [3.8, 4) is 17.0 Å². The summed E-state index contributed by atoms with van der Waals surface area (Å²) in [5.74, 6) is -3.89. The summed E-state index contributed by atoms with van der Waals surface area (Å²) >= 11 is 0. The summed E-state index contributed by atoms with van der Waals surface area (Å²) in [4.78, 5) is 41.5. The van der Waals surface area contributed by atoms with Gasteiger partial charge in [0.1, 0.15) is 17.4 Å². The summed E-state index contributed by atoms with van der Waals surface area (Å²) in [7, 11) is 0. The lowest BCUT2D eigenvalue weighted by Gasteiger charge is -2.81. The fourth-order valence-electron chi connectivity index (χ4n) is 11.8. The number of amides is 1. The largest absolute Gasteiger partial charge is 0.490 e. The maximum absolute atomic E-state index is 14.8. The zero-order valence-electron chi connectivity index (χ0n) is 30.4. The van der Waals surface area contributed by atoms with Gasteiger partial charge in [-0.15, -0.1) is 0 Å². The van der Waals surface area contributed by atoms with Crippen LogP contribution in [0.1, 0.15) is 86.3 Å². The number of hydrogen-bond donors (Lipinski definition) is 2. The Hall–Kier alpha value is -4.82. The molecule has 1 spiro atoms. The van der Waals surface area contributed by atoms with Crippen molar-refractivity contribution in [3.05, 3.63) is 66.2 Å². The van der Waals surface area contributed by atoms with Gasteiger partial charge in [0.25, 0.3) is 5.91 Å². The van der Waals surface area contributed by atoms with E-state index in [9.17, 15) is 36.6 Å². The molecule has 1 saturated heterocycles. The van der Waals surface area contributed by atoms with Crippen LogP contribution in [0.5, 0.6) is 5.75 Å². The number of aromatic nitrogens is 4. The summed E-state index contributed by atoms with van der Waals surface area (Å²) in [6, 6.07) is 9.16. The van der Waals surface area contributed by atoms with E-state index in [1.54, 1.807) is 36.8 Å². The SMILES string of the molecule is O=C(NC1(C(=O)O)C2CC3CC4(C2)CC1C34)c1ccc(-c2cn(C3CCC(F)(F)CC3)c3cc(OC4CCN(c5ncccn5)CC4)ccc23)nc1C(F)(F)F. The summed E-state index contributed by atoms with van der Waals surface area (Å²) in [6.45, 7) is 1.38. The predicted molar refractivity (Wildman–Crippen MR) is 193 cm³/mol. The predicted octanol–water partition coefficient (Wildman–Crippen LogP) is 7.93. The minimum Gasteiger partial charge on any atom is -0.490 e. The van der Waals surface area contributed by atoms with E-state index in [0.717, 1.165) is 12.5 Å². The fraction of sp³-hybridized carbons (Fsp3) is 0.537. The van der Waals surface area contributed by atoms with E-state index in [4.69, 9.17) is 4.74 Å². The molecule has 2 N–H and O–H groups in total. The van der Waals surface area contributed by atoms with Crippen LogP contribution in [-0.4, -0.2) is 67.2 Å². The first-order chi connectivity index (χ1) is 26.7. The van der Waals surface area contributed by atoms with Crippen molar-refractivity contribution >= 4 is 28.7 Å². The number of alkyl halides is 5. The first-order valence-corrected chi connectivity index (χ1v) is 19.6. The molecule has 1 aromatic carbocycles. The Bertz CT molecular complexity index is 2230. The summed E-state index contributed by atoms with van der Waals surface area (Å²) in [5.41, 5.74) is -2.69. The molecule has 1 aliphatic heterocycles. The van der Waals surface area contributed by atoms with Crippen LogP contribution in [0.15, 0.2) is 55.0 Å². The third kappa shape index (κ3) is 5.42. The lowest BCUT2D eigenvalue weighted by molar-refractivity contribution is -0.311. The smallest absolute Gasteiger partial charge is 0.434 e. The molecule has 3 aromatic heterocycles. The fourth-order valence-corrected chi connectivity index (χ4v) is 11.8. The Morgan fingerprint density at radius 3 is 2.38 bits per heavy atom. The van der Waals surface area contributed by atoms with Crippen molar-refractivity contribution in [2.75, 3.05) is 18.0 Å². The van der Waals surface area contributed by atoms with Crippen LogP contribution in [0, 0.1) is 29.1 Å². The number of carbonyl (C=O) groups is 2. The van der Waals surface area contributed by atoms with E-state index in [2.05, 4.69) is 25.2 Å². The summed E-state index contributed by atoms with van der Waals surface area (Å²) in [6.07, 6.45) is 4.11. The molecule has 4 aromatic rings. The van der Waals surface area contributed by atoms with Gasteiger partial charge in [0.05, 0.1) is 16.8 Å². The first kappa shape index (κ1) is 35.6. The number of carbonyl (C=O) groups excluding carboxylic acids is 1. The highest BCUT2D eigenvalue weighted by molar-refractivity contribution is 6.01. The number of hydrogen-bond acceptors (Lipinski definition) is 7. The summed E-state index contributed by atoms with van der Waals surface area (Å²) in [5, 5.41) is 13.7. The van der Waals surface area contributed by atoms with Crippen molar-refractivity contribution < 1.29 is 41.4 Å². The Morgan fingerprint density at radius 2 is 1.71 bits per heavy atom.